The van der Waals surface area contributed by atoms with Gasteiger partial charge in [-0.2, -0.15) is 11.8 Å². The van der Waals surface area contributed by atoms with Gasteiger partial charge in [-0.3, -0.25) is 9.69 Å². The lowest BCUT2D eigenvalue weighted by Crippen LogP contribution is -2.73. The molecule has 1 atom stereocenters. The van der Waals surface area contributed by atoms with E-state index in [1.165, 1.54) is 0 Å². The van der Waals surface area contributed by atoms with Gasteiger partial charge in [0, 0.05) is 36.9 Å². The van der Waals surface area contributed by atoms with E-state index >= 15 is 0 Å². The normalized spacial score (nSPS) is 27.7. The molecule has 2 N–H and O–H groups in total. The highest BCUT2D eigenvalue weighted by molar-refractivity contribution is 8.01. The lowest BCUT2D eigenvalue weighted by Gasteiger charge is -2.53. The zero-order chi connectivity index (χ0) is 14.1. The standard InChI is InChI=1S/C11H20N2O4S2/c1-2-19(16,17)9-6-18-4-3-13(9)11(5-10(14)15)7-12-8-11/h9,12H,2-8H2,1H3,(H,14,15). The topological polar surface area (TPSA) is 86.7 Å². The molecule has 2 saturated heterocycles. The Morgan fingerprint density at radius 2 is 2.21 bits per heavy atom. The molecule has 2 heterocycles. The van der Waals surface area contributed by atoms with Gasteiger partial charge in [0.1, 0.15) is 5.37 Å². The zero-order valence-corrected chi connectivity index (χ0v) is 12.6. The van der Waals surface area contributed by atoms with Crippen LogP contribution in [0, 0.1) is 0 Å². The molecule has 0 aromatic carbocycles. The first-order chi connectivity index (χ1) is 8.91. The molecule has 2 rings (SSSR count). The number of carbonyl (C=O) groups is 1. The summed E-state index contributed by atoms with van der Waals surface area (Å²) in [4.78, 5) is 13.0. The largest absolute Gasteiger partial charge is 0.481 e. The van der Waals surface area contributed by atoms with E-state index in [4.69, 9.17) is 5.11 Å². The minimum atomic E-state index is -3.18. The number of hydrogen-bond donors (Lipinski definition) is 2. The van der Waals surface area contributed by atoms with Crippen LogP contribution in [0.3, 0.4) is 0 Å². The molecule has 0 radical (unpaired) electrons. The fraction of sp³-hybridized carbons (Fsp3) is 0.909. The Hall–Kier alpha value is -0.310. The van der Waals surface area contributed by atoms with Crippen molar-refractivity contribution in [3.63, 3.8) is 0 Å². The van der Waals surface area contributed by atoms with Crippen molar-refractivity contribution in [3.8, 4) is 0 Å². The van der Waals surface area contributed by atoms with Crippen LogP contribution < -0.4 is 5.32 Å². The monoisotopic (exact) mass is 308 g/mol. The molecular formula is C11H20N2O4S2. The summed E-state index contributed by atoms with van der Waals surface area (Å²) in [5, 5.41) is 11.6. The molecule has 0 aromatic heterocycles. The Labute approximate surface area is 117 Å². The van der Waals surface area contributed by atoms with Crippen molar-refractivity contribution in [2.45, 2.75) is 24.3 Å². The molecule has 0 aliphatic carbocycles. The Bertz CT molecular complexity index is 448. The van der Waals surface area contributed by atoms with Gasteiger partial charge in [-0.05, 0) is 0 Å². The number of carboxylic acids is 1. The van der Waals surface area contributed by atoms with E-state index in [1.807, 2.05) is 4.90 Å². The van der Waals surface area contributed by atoms with E-state index in [9.17, 15) is 13.2 Å². The number of nitrogens with one attached hydrogen (secondary N) is 1. The number of carboxylic acid groups (broad SMARTS) is 1. The highest BCUT2D eigenvalue weighted by Gasteiger charge is 2.50. The molecule has 0 aromatic rings. The van der Waals surface area contributed by atoms with E-state index in [-0.39, 0.29) is 12.2 Å². The molecule has 8 heteroatoms. The third-order valence-electron chi connectivity index (χ3n) is 3.90. The number of aliphatic carboxylic acids is 1. The molecule has 0 bridgehead atoms. The Morgan fingerprint density at radius 3 is 2.68 bits per heavy atom. The van der Waals surface area contributed by atoms with Gasteiger partial charge in [-0.1, -0.05) is 6.92 Å². The average molecular weight is 308 g/mol. The molecule has 19 heavy (non-hydrogen) atoms. The first kappa shape index (κ1) is 15.1. The zero-order valence-electron chi connectivity index (χ0n) is 11.0. The van der Waals surface area contributed by atoms with Crippen LogP contribution in [0.15, 0.2) is 0 Å². The number of sulfone groups is 1. The summed E-state index contributed by atoms with van der Waals surface area (Å²) < 4.78 is 24.4. The van der Waals surface area contributed by atoms with Gasteiger partial charge in [0.15, 0.2) is 9.84 Å². The first-order valence-corrected chi connectivity index (χ1v) is 9.27. The van der Waals surface area contributed by atoms with Crippen LogP contribution in [-0.4, -0.2) is 72.2 Å². The van der Waals surface area contributed by atoms with Gasteiger partial charge in [-0.25, -0.2) is 8.42 Å². The maximum Gasteiger partial charge on any atom is 0.305 e. The van der Waals surface area contributed by atoms with E-state index in [0.29, 0.717) is 25.4 Å². The molecule has 2 aliphatic heterocycles. The molecule has 2 aliphatic rings. The third-order valence-corrected chi connectivity index (χ3v) is 7.19. The Balaban J connectivity index is 2.26. The van der Waals surface area contributed by atoms with Gasteiger partial charge < -0.3 is 10.4 Å². The third kappa shape index (κ3) is 2.91. The van der Waals surface area contributed by atoms with Gasteiger partial charge in [0.05, 0.1) is 12.0 Å². The summed E-state index contributed by atoms with van der Waals surface area (Å²) in [6, 6.07) is 0. The van der Waals surface area contributed by atoms with E-state index in [0.717, 1.165) is 5.75 Å². The van der Waals surface area contributed by atoms with Gasteiger partial charge in [0.25, 0.3) is 0 Å². The predicted molar refractivity (Wildman–Crippen MR) is 75.1 cm³/mol. The second-order valence-corrected chi connectivity index (χ2v) is 8.67. The molecule has 6 nitrogen and oxygen atoms in total. The first-order valence-electron chi connectivity index (χ1n) is 6.40. The van der Waals surface area contributed by atoms with Crippen molar-refractivity contribution in [2.75, 3.05) is 36.9 Å². The molecule has 1 unspecified atom stereocenters. The van der Waals surface area contributed by atoms with Crippen LogP contribution in [0.4, 0.5) is 0 Å². The van der Waals surface area contributed by atoms with E-state index in [2.05, 4.69) is 5.32 Å². The number of hydrogen-bond acceptors (Lipinski definition) is 6. The molecule has 0 saturated carbocycles. The molecule has 110 valence electrons. The lowest BCUT2D eigenvalue weighted by molar-refractivity contribution is -0.142. The van der Waals surface area contributed by atoms with Crippen LogP contribution >= 0.6 is 11.8 Å². The Morgan fingerprint density at radius 1 is 1.53 bits per heavy atom. The van der Waals surface area contributed by atoms with Crippen LogP contribution in [0.1, 0.15) is 13.3 Å². The molecule has 0 amide bonds. The minimum Gasteiger partial charge on any atom is -0.481 e. The Kier molecular flexibility index (Phi) is 4.44. The summed E-state index contributed by atoms with van der Waals surface area (Å²) in [6.45, 7) is 3.40. The minimum absolute atomic E-state index is 0.000398. The molecule has 2 fully saturated rings. The highest BCUT2D eigenvalue weighted by Crippen LogP contribution is 2.33. The summed E-state index contributed by atoms with van der Waals surface area (Å²) in [6.07, 6.45) is 0.000398. The second kappa shape index (κ2) is 5.59. The van der Waals surface area contributed by atoms with Crippen LogP contribution in [0.2, 0.25) is 0 Å². The maximum atomic E-state index is 12.2. The maximum absolute atomic E-state index is 12.2. The highest BCUT2D eigenvalue weighted by atomic mass is 32.2. The van der Waals surface area contributed by atoms with Crippen molar-refractivity contribution in [1.29, 1.82) is 0 Å². The summed E-state index contributed by atoms with van der Waals surface area (Å²) >= 11 is 1.63. The quantitative estimate of drug-likeness (QED) is 0.715. The lowest BCUT2D eigenvalue weighted by atomic mass is 9.86. The fourth-order valence-corrected chi connectivity index (χ4v) is 5.83. The van der Waals surface area contributed by atoms with Crippen molar-refractivity contribution in [3.05, 3.63) is 0 Å². The smallest absolute Gasteiger partial charge is 0.305 e. The van der Waals surface area contributed by atoms with Crippen molar-refractivity contribution < 1.29 is 18.3 Å². The van der Waals surface area contributed by atoms with Gasteiger partial charge in [0.2, 0.25) is 0 Å². The summed E-state index contributed by atoms with van der Waals surface area (Å²) in [7, 11) is -3.18. The van der Waals surface area contributed by atoms with Crippen molar-refractivity contribution >= 4 is 27.6 Å². The molecule has 0 spiro atoms. The SMILES string of the molecule is CCS(=O)(=O)C1CSCCN1C1(CC(=O)O)CNC1. The second-order valence-electron chi connectivity index (χ2n) is 5.07. The van der Waals surface area contributed by atoms with Crippen molar-refractivity contribution in [1.82, 2.24) is 10.2 Å². The van der Waals surface area contributed by atoms with Gasteiger partial charge >= 0.3 is 5.97 Å². The van der Waals surface area contributed by atoms with Crippen LogP contribution in [0.5, 0.6) is 0 Å². The van der Waals surface area contributed by atoms with Crippen LogP contribution in [0.25, 0.3) is 0 Å². The van der Waals surface area contributed by atoms with E-state index < -0.39 is 26.7 Å². The summed E-state index contributed by atoms with van der Waals surface area (Å²) in [5.74, 6) is 0.632. The van der Waals surface area contributed by atoms with Crippen molar-refractivity contribution in [2.24, 2.45) is 0 Å². The average Bonchev–Trinajstić information content (AvgIpc) is 2.33. The summed E-state index contributed by atoms with van der Waals surface area (Å²) in [5.41, 5.74) is -0.528. The molecular weight excluding hydrogens is 288 g/mol. The number of nitrogens with zero attached hydrogens (tertiary/aromatic N) is 1. The van der Waals surface area contributed by atoms with E-state index in [1.54, 1.807) is 18.7 Å². The van der Waals surface area contributed by atoms with Gasteiger partial charge in [-0.15, -0.1) is 0 Å². The number of thioether (sulfide) groups is 1. The number of rotatable bonds is 5. The van der Waals surface area contributed by atoms with Crippen LogP contribution in [-0.2, 0) is 14.6 Å². The predicted octanol–water partition coefficient (Wildman–Crippen LogP) is -0.387. The fourth-order valence-electron chi connectivity index (χ4n) is 2.74.